The Morgan fingerprint density at radius 3 is 2.67 bits per heavy atom. The maximum atomic E-state index is 12.7. The van der Waals surface area contributed by atoms with Gasteiger partial charge in [0.1, 0.15) is 0 Å². The van der Waals surface area contributed by atoms with Crippen molar-refractivity contribution in [2.75, 3.05) is 6.54 Å². The van der Waals surface area contributed by atoms with Gasteiger partial charge in [0.25, 0.3) is 0 Å². The molecule has 1 fully saturated rings. The zero-order valence-electron chi connectivity index (χ0n) is 12.5. The van der Waals surface area contributed by atoms with E-state index in [-0.39, 0.29) is 18.0 Å². The first-order chi connectivity index (χ1) is 9.99. The number of halogens is 2. The fourth-order valence-electron chi connectivity index (χ4n) is 2.61. The maximum absolute atomic E-state index is 12.7. The molecule has 21 heavy (non-hydrogen) atoms. The third kappa shape index (κ3) is 4.35. The first-order valence-electron chi connectivity index (χ1n) is 7.47. The molecular weight excluding hydrogens is 307 g/mol. The van der Waals surface area contributed by atoms with Crippen LogP contribution in [0.25, 0.3) is 0 Å². The van der Waals surface area contributed by atoms with E-state index in [9.17, 15) is 4.79 Å². The van der Waals surface area contributed by atoms with Crippen LogP contribution in [0, 0.1) is 0 Å². The highest BCUT2D eigenvalue weighted by Gasteiger charge is 2.27. The number of carbonyl (C=O) groups is 1. The van der Waals surface area contributed by atoms with Gasteiger partial charge in [0.2, 0.25) is 5.91 Å². The van der Waals surface area contributed by atoms with E-state index in [0.29, 0.717) is 16.6 Å². The van der Waals surface area contributed by atoms with Crippen LogP contribution in [0.4, 0.5) is 0 Å². The van der Waals surface area contributed by atoms with Crippen LogP contribution in [0.1, 0.15) is 38.7 Å². The van der Waals surface area contributed by atoms with Crippen molar-refractivity contribution >= 4 is 29.1 Å². The van der Waals surface area contributed by atoms with E-state index in [4.69, 9.17) is 23.2 Å². The van der Waals surface area contributed by atoms with Crippen LogP contribution in [0.3, 0.4) is 0 Å². The molecule has 0 unspecified atom stereocenters. The van der Waals surface area contributed by atoms with Gasteiger partial charge >= 0.3 is 0 Å². The predicted molar refractivity (Wildman–Crippen MR) is 87.8 cm³/mol. The van der Waals surface area contributed by atoms with E-state index in [1.165, 1.54) is 0 Å². The fraction of sp³-hybridized carbons (Fsp3) is 0.562. The van der Waals surface area contributed by atoms with Crippen LogP contribution >= 0.6 is 23.2 Å². The second kappa shape index (κ2) is 7.48. The molecule has 1 heterocycles. The van der Waals surface area contributed by atoms with Crippen LogP contribution in [0.15, 0.2) is 18.2 Å². The number of benzene rings is 1. The summed E-state index contributed by atoms with van der Waals surface area (Å²) in [5, 5.41) is 4.39. The van der Waals surface area contributed by atoms with Crippen molar-refractivity contribution in [3.63, 3.8) is 0 Å². The molecule has 0 spiro atoms. The normalized spacial score (nSPS) is 18.8. The van der Waals surface area contributed by atoms with E-state index >= 15 is 0 Å². The summed E-state index contributed by atoms with van der Waals surface area (Å²) in [6.45, 7) is 5.57. The van der Waals surface area contributed by atoms with Crippen molar-refractivity contribution in [2.45, 2.75) is 51.7 Å². The smallest absolute Gasteiger partial charge is 0.240 e. The summed E-state index contributed by atoms with van der Waals surface area (Å²) in [4.78, 5) is 14.6. The molecule has 0 aromatic heterocycles. The first kappa shape index (κ1) is 16.6. The summed E-state index contributed by atoms with van der Waals surface area (Å²) in [6.07, 6.45) is 3.18. The van der Waals surface area contributed by atoms with Gasteiger partial charge < -0.3 is 10.2 Å². The molecule has 1 aliphatic heterocycles. The zero-order valence-corrected chi connectivity index (χ0v) is 14.0. The number of nitrogens with one attached hydrogen (secondary N) is 1. The number of hydrogen-bond donors (Lipinski definition) is 1. The SMILES string of the molecule is CC(C)N(Cc1ccc(Cl)c(Cl)c1)C(=O)[C@@H]1CCCCN1. The van der Waals surface area contributed by atoms with Crippen LogP contribution in [0.2, 0.25) is 10.0 Å². The van der Waals surface area contributed by atoms with E-state index in [1.807, 2.05) is 30.9 Å². The van der Waals surface area contributed by atoms with Gasteiger partial charge in [-0.05, 0) is 50.9 Å². The maximum Gasteiger partial charge on any atom is 0.240 e. The molecule has 1 aromatic carbocycles. The third-order valence-electron chi connectivity index (χ3n) is 3.85. The topological polar surface area (TPSA) is 32.3 Å². The molecule has 0 radical (unpaired) electrons. The van der Waals surface area contributed by atoms with Crippen LogP contribution < -0.4 is 5.32 Å². The largest absolute Gasteiger partial charge is 0.335 e. The van der Waals surface area contributed by atoms with E-state index < -0.39 is 0 Å². The highest BCUT2D eigenvalue weighted by molar-refractivity contribution is 6.42. The summed E-state index contributed by atoms with van der Waals surface area (Å²) in [5.41, 5.74) is 1.00. The lowest BCUT2D eigenvalue weighted by Crippen LogP contribution is -2.50. The average molecular weight is 329 g/mol. The highest BCUT2D eigenvalue weighted by atomic mass is 35.5. The Morgan fingerprint density at radius 2 is 2.10 bits per heavy atom. The third-order valence-corrected chi connectivity index (χ3v) is 4.59. The lowest BCUT2D eigenvalue weighted by molar-refractivity contribution is -0.136. The Bertz CT molecular complexity index is 499. The van der Waals surface area contributed by atoms with Crippen molar-refractivity contribution in [3.8, 4) is 0 Å². The molecule has 0 bridgehead atoms. The Balaban J connectivity index is 2.10. The number of piperidine rings is 1. The average Bonchev–Trinajstić information content (AvgIpc) is 2.48. The summed E-state index contributed by atoms with van der Waals surface area (Å²) in [5.74, 6) is 0.177. The number of hydrogen-bond acceptors (Lipinski definition) is 2. The van der Waals surface area contributed by atoms with Crippen molar-refractivity contribution in [2.24, 2.45) is 0 Å². The van der Waals surface area contributed by atoms with Gasteiger partial charge in [0.15, 0.2) is 0 Å². The Morgan fingerprint density at radius 1 is 1.33 bits per heavy atom. The minimum atomic E-state index is -0.0519. The number of nitrogens with zero attached hydrogens (tertiary/aromatic N) is 1. The molecule has 116 valence electrons. The molecule has 1 aromatic rings. The number of amides is 1. The lowest BCUT2D eigenvalue weighted by atomic mass is 10.0. The first-order valence-corrected chi connectivity index (χ1v) is 8.22. The van der Waals surface area contributed by atoms with Crippen LogP contribution in [-0.4, -0.2) is 29.4 Å². The van der Waals surface area contributed by atoms with Crippen molar-refractivity contribution in [1.29, 1.82) is 0 Å². The van der Waals surface area contributed by atoms with Gasteiger partial charge in [-0.1, -0.05) is 35.7 Å². The molecule has 2 rings (SSSR count). The molecule has 3 nitrogen and oxygen atoms in total. The van der Waals surface area contributed by atoms with E-state index in [0.717, 1.165) is 31.4 Å². The Labute approximate surface area is 136 Å². The number of carbonyl (C=O) groups excluding carboxylic acids is 1. The molecule has 1 amide bonds. The second-order valence-corrected chi connectivity index (χ2v) is 6.63. The molecule has 0 aliphatic carbocycles. The van der Waals surface area contributed by atoms with Gasteiger partial charge in [-0.2, -0.15) is 0 Å². The van der Waals surface area contributed by atoms with Gasteiger partial charge in [0, 0.05) is 12.6 Å². The summed E-state index contributed by atoms with van der Waals surface area (Å²) < 4.78 is 0. The van der Waals surface area contributed by atoms with Gasteiger partial charge in [0.05, 0.1) is 16.1 Å². The molecule has 1 N–H and O–H groups in total. The minimum Gasteiger partial charge on any atom is -0.335 e. The van der Waals surface area contributed by atoms with E-state index in [1.54, 1.807) is 6.07 Å². The van der Waals surface area contributed by atoms with Crippen molar-refractivity contribution < 1.29 is 4.79 Å². The fourth-order valence-corrected chi connectivity index (χ4v) is 2.93. The second-order valence-electron chi connectivity index (χ2n) is 5.81. The zero-order chi connectivity index (χ0) is 15.4. The van der Waals surface area contributed by atoms with Crippen LogP contribution in [-0.2, 0) is 11.3 Å². The molecule has 5 heteroatoms. The summed E-state index contributed by atoms with van der Waals surface area (Å²) >= 11 is 12.0. The summed E-state index contributed by atoms with van der Waals surface area (Å²) in [7, 11) is 0. The monoisotopic (exact) mass is 328 g/mol. The lowest BCUT2D eigenvalue weighted by Gasteiger charge is -2.33. The van der Waals surface area contributed by atoms with Crippen LogP contribution in [0.5, 0.6) is 0 Å². The standard InChI is InChI=1S/C16H22Cl2N2O/c1-11(2)20(16(21)15-5-3-4-8-19-15)10-12-6-7-13(17)14(18)9-12/h6-7,9,11,15,19H,3-5,8,10H2,1-2H3/t15-/m0/s1. The van der Waals surface area contributed by atoms with Gasteiger partial charge in [-0.25, -0.2) is 0 Å². The van der Waals surface area contributed by atoms with Crippen molar-refractivity contribution in [3.05, 3.63) is 33.8 Å². The van der Waals surface area contributed by atoms with Gasteiger partial charge in [-0.15, -0.1) is 0 Å². The Hall–Kier alpha value is -0.770. The predicted octanol–water partition coefficient (Wildman–Crippen LogP) is 3.87. The molecule has 0 saturated carbocycles. The van der Waals surface area contributed by atoms with Gasteiger partial charge in [-0.3, -0.25) is 4.79 Å². The molecule has 1 atom stereocenters. The quantitative estimate of drug-likeness (QED) is 0.909. The highest BCUT2D eigenvalue weighted by Crippen LogP contribution is 2.24. The molecular formula is C16H22Cl2N2O. The molecule has 1 aliphatic rings. The molecule has 1 saturated heterocycles. The van der Waals surface area contributed by atoms with E-state index in [2.05, 4.69) is 5.32 Å². The summed E-state index contributed by atoms with van der Waals surface area (Å²) in [6, 6.07) is 5.63. The van der Waals surface area contributed by atoms with Crippen molar-refractivity contribution in [1.82, 2.24) is 10.2 Å². The number of rotatable bonds is 4. The minimum absolute atomic E-state index is 0.0519. The Kier molecular flexibility index (Phi) is 5.91.